The van der Waals surface area contributed by atoms with Crippen LogP contribution in [0.3, 0.4) is 0 Å². The van der Waals surface area contributed by atoms with Gasteiger partial charge in [0.15, 0.2) is 0 Å². The van der Waals surface area contributed by atoms with Crippen molar-refractivity contribution in [2.45, 2.75) is 40.5 Å². The van der Waals surface area contributed by atoms with Crippen molar-refractivity contribution in [3.63, 3.8) is 0 Å². The number of ether oxygens (including phenoxy) is 1. The molecule has 1 aromatic rings. The van der Waals surface area contributed by atoms with Crippen LogP contribution in [0.15, 0.2) is 35.9 Å². The summed E-state index contributed by atoms with van der Waals surface area (Å²) >= 11 is 0. The van der Waals surface area contributed by atoms with Crippen LogP contribution in [0, 0.1) is 29.5 Å². The number of allylic oxidation sites excluding steroid dienone is 1. The molecular weight excluding hydrogens is 345 g/mol. The highest BCUT2D eigenvalue weighted by Gasteiger charge is 2.33. The molecule has 1 aliphatic carbocycles. The van der Waals surface area contributed by atoms with Crippen molar-refractivity contribution >= 4 is 11.9 Å². The lowest BCUT2D eigenvalue weighted by Gasteiger charge is -2.37. The molecule has 2 rings (SSSR count). The molecule has 5 heteroatoms. The fourth-order valence-electron chi connectivity index (χ4n) is 3.84. The molecule has 0 fully saturated rings. The predicted molar refractivity (Wildman–Crippen MR) is 104 cm³/mol. The third kappa shape index (κ3) is 5.91. The molecule has 0 spiro atoms. The minimum atomic E-state index is -0.357. The van der Waals surface area contributed by atoms with E-state index in [9.17, 15) is 14.0 Å². The lowest BCUT2D eigenvalue weighted by Crippen LogP contribution is -2.37. The number of nitrogens with one attached hydrogen (secondary N) is 1. The lowest BCUT2D eigenvalue weighted by molar-refractivity contribution is -0.144. The molecule has 3 atom stereocenters. The zero-order valence-electron chi connectivity index (χ0n) is 16.6. The Labute approximate surface area is 161 Å². The summed E-state index contributed by atoms with van der Waals surface area (Å²) in [5.41, 5.74) is 1.63. The first-order valence-corrected chi connectivity index (χ1v) is 9.69. The molecular formula is C22H30FNO3. The van der Waals surface area contributed by atoms with Crippen molar-refractivity contribution in [2.75, 3.05) is 13.2 Å². The Morgan fingerprint density at radius 2 is 1.93 bits per heavy atom. The van der Waals surface area contributed by atoms with E-state index in [0.29, 0.717) is 37.0 Å². The van der Waals surface area contributed by atoms with E-state index in [4.69, 9.17) is 4.74 Å². The van der Waals surface area contributed by atoms with Crippen LogP contribution in [-0.2, 0) is 9.53 Å². The highest BCUT2D eigenvalue weighted by molar-refractivity contribution is 5.94. The molecule has 0 saturated heterocycles. The topological polar surface area (TPSA) is 55.4 Å². The fraction of sp³-hybridized carbons (Fsp3) is 0.545. The van der Waals surface area contributed by atoms with Gasteiger partial charge in [0, 0.05) is 12.1 Å². The Bertz CT molecular complexity index is 681. The van der Waals surface area contributed by atoms with Crippen LogP contribution in [0.4, 0.5) is 4.39 Å². The van der Waals surface area contributed by atoms with Crippen molar-refractivity contribution in [1.29, 1.82) is 0 Å². The van der Waals surface area contributed by atoms with Gasteiger partial charge in [-0.05, 0) is 68.2 Å². The Kier molecular flexibility index (Phi) is 7.57. The van der Waals surface area contributed by atoms with Crippen molar-refractivity contribution in [3.05, 3.63) is 47.3 Å². The van der Waals surface area contributed by atoms with E-state index in [1.165, 1.54) is 29.8 Å². The second-order valence-electron chi connectivity index (χ2n) is 7.64. The normalized spacial score (nSPS) is 22.3. The van der Waals surface area contributed by atoms with E-state index >= 15 is 0 Å². The number of hydrogen-bond donors (Lipinski definition) is 1. The first-order chi connectivity index (χ1) is 12.8. The summed E-state index contributed by atoms with van der Waals surface area (Å²) in [7, 11) is 0. The van der Waals surface area contributed by atoms with Gasteiger partial charge in [-0.2, -0.15) is 0 Å². The molecule has 0 radical (unpaired) electrons. The number of halogens is 1. The Morgan fingerprint density at radius 3 is 2.52 bits per heavy atom. The van der Waals surface area contributed by atoms with Crippen molar-refractivity contribution in [3.8, 4) is 0 Å². The van der Waals surface area contributed by atoms with Crippen LogP contribution in [0.5, 0.6) is 0 Å². The van der Waals surface area contributed by atoms with Crippen LogP contribution in [-0.4, -0.2) is 25.0 Å². The summed E-state index contributed by atoms with van der Waals surface area (Å²) in [4.78, 5) is 24.2. The Hall–Kier alpha value is -2.17. The largest absolute Gasteiger partial charge is 0.466 e. The second-order valence-corrected chi connectivity index (χ2v) is 7.64. The maximum Gasteiger partial charge on any atom is 0.306 e. The van der Waals surface area contributed by atoms with Gasteiger partial charge in [-0.15, -0.1) is 0 Å². The molecule has 0 unspecified atom stereocenters. The lowest BCUT2D eigenvalue weighted by atomic mass is 9.70. The van der Waals surface area contributed by atoms with E-state index in [0.717, 1.165) is 6.42 Å². The first-order valence-electron chi connectivity index (χ1n) is 9.69. The molecule has 1 aliphatic rings. The highest BCUT2D eigenvalue weighted by Crippen LogP contribution is 2.38. The maximum atomic E-state index is 13.0. The quantitative estimate of drug-likeness (QED) is 0.569. The van der Waals surface area contributed by atoms with Gasteiger partial charge in [0.2, 0.25) is 0 Å². The van der Waals surface area contributed by atoms with Gasteiger partial charge in [-0.25, -0.2) is 4.39 Å². The number of rotatable bonds is 7. The van der Waals surface area contributed by atoms with Crippen molar-refractivity contribution in [2.24, 2.45) is 23.7 Å². The third-order valence-corrected chi connectivity index (χ3v) is 5.41. The smallest absolute Gasteiger partial charge is 0.306 e. The molecule has 0 aliphatic heterocycles. The van der Waals surface area contributed by atoms with E-state index in [-0.39, 0.29) is 29.5 Å². The fourth-order valence-corrected chi connectivity index (χ4v) is 3.84. The summed E-state index contributed by atoms with van der Waals surface area (Å²) in [5, 5.41) is 2.97. The number of esters is 1. The molecule has 1 amide bonds. The summed E-state index contributed by atoms with van der Waals surface area (Å²) in [6, 6.07) is 5.55. The van der Waals surface area contributed by atoms with Gasteiger partial charge in [-0.3, -0.25) is 9.59 Å². The second kappa shape index (κ2) is 9.67. The molecule has 0 aromatic heterocycles. The van der Waals surface area contributed by atoms with Crippen LogP contribution >= 0.6 is 0 Å². The molecule has 148 valence electrons. The van der Waals surface area contributed by atoms with E-state index in [1.54, 1.807) is 0 Å². The standard InChI is InChI=1S/C22H30FNO3/c1-5-27-21(25)12-17-11-20(14(2)3)18(10-15(17)4)13-24-22(26)16-6-8-19(23)9-7-16/h6-10,14,17-18,20H,5,11-13H2,1-4H3,(H,24,26)/t17-,18+,20+/m1/s1. The average Bonchev–Trinajstić information content (AvgIpc) is 2.62. The van der Waals surface area contributed by atoms with E-state index in [2.05, 4.69) is 32.2 Å². The van der Waals surface area contributed by atoms with Gasteiger partial charge in [0.1, 0.15) is 5.82 Å². The molecule has 1 aromatic carbocycles. The maximum absolute atomic E-state index is 13.0. The van der Waals surface area contributed by atoms with Gasteiger partial charge in [0.05, 0.1) is 13.0 Å². The van der Waals surface area contributed by atoms with Crippen molar-refractivity contribution in [1.82, 2.24) is 5.32 Å². The Morgan fingerprint density at radius 1 is 1.26 bits per heavy atom. The summed E-state index contributed by atoms with van der Waals surface area (Å²) < 4.78 is 18.1. The monoisotopic (exact) mass is 375 g/mol. The van der Waals surface area contributed by atoms with Gasteiger partial charge in [-0.1, -0.05) is 25.5 Å². The summed E-state index contributed by atoms with van der Waals surface area (Å²) in [6.45, 7) is 9.15. The number of amides is 1. The third-order valence-electron chi connectivity index (χ3n) is 5.41. The predicted octanol–water partition coefficient (Wildman–Crippen LogP) is 4.36. The zero-order chi connectivity index (χ0) is 20.0. The molecule has 0 heterocycles. The SMILES string of the molecule is CCOC(=O)C[C@H]1C[C@@H](C(C)C)[C@H](CNC(=O)c2ccc(F)cc2)C=C1C. The molecule has 27 heavy (non-hydrogen) atoms. The van der Waals surface area contributed by atoms with Crippen LogP contribution in [0.2, 0.25) is 0 Å². The van der Waals surface area contributed by atoms with Crippen LogP contribution < -0.4 is 5.32 Å². The number of carbonyl (C=O) groups is 2. The van der Waals surface area contributed by atoms with Crippen LogP contribution in [0.25, 0.3) is 0 Å². The van der Waals surface area contributed by atoms with Gasteiger partial charge in [0.25, 0.3) is 5.91 Å². The average molecular weight is 375 g/mol. The molecule has 1 N–H and O–H groups in total. The minimum Gasteiger partial charge on any atom is -0.466 e. The number of carbonyl (C=O) groups excluding carboxylic acids is 2. The van der Waals surface area contributed by atoms with Crippen molar-refractivity contribution < 1.29 is 18.7 Å². The zero-order valence-corrected chi connectivity index (χ0v) is 16.6. The summed E-state index contributed by atoms with van der Waals surface area (Å²) in [6.07, 6.45) is 3.52. The number of benzene rings is 1. The highest BCUT2D eigenvalue weighted by atomic mass is 19.1. The molecule has 4 nitrogen and oxygen atoms in total. The summed E-state index contributed by atoms with van der Waals surface area (Å²) in [5.74, 6) is 0.518. The van der Waals surface area contributed by atoms with Crippen LogP contribution in [0.1, 0.15) is 50.9 Å². The minimum absolute atomic E-state index is 0.152. The number of hydrogen-bond acceptors (Lipinski definition) is 3. The van der Waals surface area contributed by atoms with Gasteiger partial charge < -0.3 is 10.1 Å². The Balaban J connectivity index is 2.03. The first kappa shape index (κ1) is 21.1. The van der Waals surface area contributed by atoms with E-state index < -0.39 is 0 Å². The van der Waals surface area contributed by atoms with E-state index in [1.807, 2.05) is 6.92 Å². The molecule has 0 bridgehead atoms. The van der Waals surface area contributed by atoms with Gasteiger partial charge >= 0.3 is 5.97 Å². The molecule has 0 saturated carbocycles.